The number of alkyl halides is 3. The second-order valence-electron chi connectivity index (χ2n) is 1.72. The van der Waals surface area contributed by atoms with Crippen LogP contribution in [0.2, 0.25) is 0 Å². The normalized spacial score (nSPS) is 8.82. The Balaban J connectivity index is 0.000000218. The van der Waals surface area contributed by atoms with Crippen LogP contribution in [-0.2, 0) is 0 Å². The van der Waals surface area contributed by atoms with E-state index in [-0.39, 0.29) is 0 Å². The Morgan fingerprint density at radius 2 is 1.82 bits per heavy atom. The lowest BCUT2D eigenvalue weighted by atomic mass is 10.4. The minimum Gasteiger partial charge on any atom is -0.262 e. The Bertz CT molecular complexity index is 174. The third-order valence-corrected chi connectivity index (χ3v) is 0.813. The number of hydrogen-bond acceptors (Lipinski definition) is 1. The summed E-state index contributed by atoms with van der Waals surface area (Å²) in [6, 6.07) is 5.86. The fourth-order valence-electron chi connectivity index (χ4n) is 0.448. The molecule has 0 aliphatic carbocycles. The van der Waals surface area contributed by atoms with Gasteiger partial charge in [0.2, 0.25) is 0 Å². The predicted octanol–water partition coefficient (Wildman–Crippen LogP) is 2.57. The fourth-order valence-corrected chi connectivity index (χ4v) is 0.448. The van der Waals surface area contributed by atoms with Crippen molar-refractivity contribution in [2.75, 3.05) is 0 Å². The van der Waals surface area contributed by atoms with Crippen LogP contribution < -0.4 is 0 Å². The molecule has 1 aromatic heterocycles. The lowest BCUT2D eigenvalue weighted by molar-refractivity contribution is 0.00819. The maximum atomic E-state index is 9.67. The summed E-state index contributed by atoms with van der Waals surface area (Å²) >= 11 is 0. The Morgan fingerprint density at radius 3 is 2.00 bits per heavy atom. The minimum absolute atomic E-state index is 1.07. The molecule has 0 fully saturated rings. The molecule has 11 heavy (non-hydrogen) atoms. The Labute approximate surface area is 62.9 Å². The van der Waals surface area contributed by atoms with Gasteiger partial charge < -0.3 is 0 Å². The summed E-state index contributed by atoms with van der Waals surface area (Å²) in [5.41, 5.74) is 1.07. The number of aryl methyl sites for hydroxylation is 1. The summed E-state index contributed by atoms with van der Waals surface area (Å²) < 4.78 is 29.0. The molecule has 1 aromatic rings. The lowest BCUT2D eigenvalue weighted by Gasteiger charge is -1.82. The fraction of sp³-hybridized carbons (Fsp3) is 0.286. The van der Waals surface area contributed by atoms with Crippen molar-refractivity contribution in [2.45, 2.75) is 13.6 Å². The number of hydrogen-bond donors (Lipinski definition) is 0. The van der Waals surface area contributed by atoms with Gasteiger partial charge in [0.25, 0.3) is 0 Å². The smallest absolute Gasteiger partial charge is 0.262 e. The maximum absolute atomic E-state index is 9.67. The molecule has 1 heterocycles. The molecule has 0 aliphatic heterocycles. The Kier molecular flexibility index (Phi) is 5.15. The first-order chi connectivity index (χ1) is 5.13. The van der Waals surface area contributed by atoms with Gasteiger partial charge in [-0.05, 0) is 19.1 Å². The van der Waals surface area contributed by atoms with Crippen LogP contribution in [0.1, 0.15) is 5.69 Å². The summed E-state index contributed by atoms with van der Waals surface area (Å²) in [6.45, 7) is -1.69. The predicted molar refractivity (Wildman–Crippen MR) is 36.1 cm³/mol. The van der Waals surface area contributed by atoms with E-state index in [0.717, 1.165) is 5.69 Å². The van der Waals surface area contributed by atoms with E-state index < -0.39 is 6.68 Å². The summed E-state index contributed by atoms with van der Waals surface area (Å²) in [4.78, 5) is 3.98. The number of halogens is 3. The van der Waals surface area contributed by atoms with Crippen molar-refractivity contribution in [3.63, 3.8) is 0 Å². The molecule has 1 nitrogen and oxygen atoms in total. The molecule has 4 heteroatoms. The zero-order chi connectivity index (χ0) is 8.69. The van der Waals surface area contributed by atoms with Crippen molar-refractivity contribution in [3.8, 4) is 0 Å². The molecular formula is C7H8F3N. The average molecular weight is 163 g/mol. The second-order valence-corrected chi connectivity index (χ2v) is 1.72. The van der Waals surface area contributed by atoms with Crippen LogP contribution in [0.15, 0.2) is 24.4 Å². The van der Waals surface area contributed by atoms with Gasteiger partial charge in [0.1, 0.15) is 0 Å². The molecule has 0 unspecified atom stereocenters. The third kappa shape index (κ3) is 8.94. The van der Waals surface area contributed by atoms with Crippen LogP contribution in [0.5, 0.6) is 0 Å². The zero-order valence-electron chi connectivity index (χ0n) is 5.97. The molecule has 0 saturated carbocycles. The Hall–Kier alpha value is -1.06. The monoisotopic (exact) mass is 163 g/mol. The van der Waals surface area contributed by atoms with Gasteiger partial charge in [0.05, 0.1) is 0 Å². The third-order valence-electron chi connectivity index (χ3n) is 0.813. The lowest BCUT2D eigenvalue weighted by Crippen LogP contribution is -1.72. The topological polar surface area (TPSA) is 12.9 Å². The first-order valence-corrected chi connectivity index (χ1v) is 2.93. The van der Waals surface area contributed by atoms with Crippen LogP contribution >= 0.6 is 0 Å². The molecule has 0 aliphatic rings. The summed E-state index contributed by atoms with van der Waals surface area (Å²) in [6.07, 6.45) is 1.79. The van der Waals surface area contributed by atoms with Gasteiger partial charge in [-0.2, -0.15) is 13.2 Å². The van der Waals surface area contributed by atoms with E-state index in [2.05, 4.69) is 4.98 Å². The van der Waals surface area contributed by atoms with Gasteiger partial charge >= 0.3 is 6.68 Å². The number of nitrogens with zero attached hydrogens (tertiary/aromatic N) is 1. The van der Waals surface area contributed by atoms with Gasteiger partial charge in [-0.15, -0.1) is 0 Å². The molecule has 0 saturated heterocycles. The average Bonchev–Trinajstić information content (AvgIpc) is 1.87. The van der Waals surface area contributed by atoms with Crippen LogP contribution in [-0.4, -0.2) is 11.7 Å². The van der Waals surface area contributed by atoms with Crippen molar-refractivity contribution in [1.29, 1.82) is 0 Å². The van der Waals surface area contributed by atoms with E-state index in [4.69, 9.17) is 0 Å². The van der Waals surface area contributed by atoms with Gasteiger partial charge in [-0.3, -0.25) is 4.98 Å². The molecule has 0 aromatic carbocycles. The van der Waals surface area contributed by atoms with Gasteiger partial charge in [-0.25, -0.2) is 0 Å². The molecule has 0 atom stereocenters. The van der Waals surface area contributed by atoms with Crippen molar-refractivity contribution >= 4 is 0 Å². The molecule has 0 N–H and O–H groups in total. The first kappa shape index (κ1) is 9.94. The van der Waals surface area contributed by atoms with Gasteiger partial charge in [0.15, 0.2) is 0 Å². The summed E-state index contributed by atoms with van der Waals surface area (Å²) in [7, 11) is 0. The van der Waals surface area contributed by atoms with E-state index >= 15 is 0 Å². The van der Waals surface area contributed by atoms with Crippen molar-refractivity contribution in [1.82, 2.24) is 4.98 Å². The van der Waals surface area contributed by atoms with Crippen LogP contribution in [0.4, 0.5) is 13.2 Å². The molecule has 0 radical (unpaired) electrons. The molecule has 0 bridgehead atoms. The van der Waals surface area contributed by atoms with E-state index in [9.17, 15) is 13.2 Å². The second kappa shape index (κ2) is 5.70. The van der Waals surface area contributed by atoms with Crippen molar-refractivity contribution in [2.24, 2.45) is 0 Å². The highest BCUT2D eigenvalue weighted by Gasteiger charge is 1.86. The summed E-state index contributed by atoms with van der Waals surface area (Å²) in [5.74, 6) is 0. The number of rotatable bonds is 0. The quantitative estimate of drug-likeness (QED) is 0.572. The Morgan fingerprint density at radius 1 is 1.27 bits per heavy atom. The summed E-state index contributed by atoms with van der Waals surface area (Å²) in [5, 5.41) is 0. The standard InChI is InChI=1S/C6H7N.CHF3/c1-6-4-2-3-5-7-6;2-1(3)4/h2-5H,1H3;1H. The van der Waals surface area contributed by atoms with Gasteiger partial charge in [0, 0.05) is 11.9 Å². The number of aromatic nitrogens is 1. The molecular weight excluding hydrogens is 155 g/mol. The molecule has 1 rings (SSSR count). The highest BCUT2D eigenvalue weighted by atomic mass is 19.4. The van der Waals surface area contributed by atoms with E-state index in [0.29, 0.717) is 0 Å². The largest absolute Gasteiger partial charge is 0.379 e. The minimum atomic E-state index is -3.67. The maximum Gasteiger partial charge on any atom is 0.379 e. The number of pyridine rings is 1. The van der Waals surface area contributed by atoms with Crippen LogP contribution in [0.25, 0.3) is 0 Å². The van der Waals surface area contributed by atoms with E-state index in [1.165, 1.54) is 0 Å². The molecule has 0 spiro atoms. The van der Waals surface area contributed by atoms with Crippen molar-refractivity contribution in [3.05, 3.63) is 30.1 Å². The van der Waals surface area contributed by atoms with Gasteiger partial charge in [-0.1, -0.05) is 6.07 Å². The highest BCUT2D eigenvalue weighted by Crippen LogP contribution is 1.87. The zero-order valence-corrected chi connectivity index (χ0v) is 5.97. The highest BCUT2D eigenvalue weighted by molar-refractivity contribution is 4.99. The SMILES string of the molecule is Cc1ccccn1.FC(F)F. The van der Waals surface area contributed by atoms with E-state index in [1.54, 1.807) is 6.20 Å². The van der Waals surface area contributed by atoms with Crippen molar-refractivity contribution < 1.29 is 13.2 Å². The first-order valence-electron chi connectivity index (χ1n) is 2.93. The molecule has 0 amide bonds. The van der Waals surface area contributed by atoms with Crippen LogP contribution in [0.3, 0.4) is 0 Å². The molecule has 62 valence electrons. The van der Waals surface area contributed by atoms with E-state index in [1.807, 2.05) is 25.1 Å². The van der Waals surface area contributed by atoms with Crippen LogP contribution in [0, 0.1) is 6.92 Å².